The highest BCUT2D eigenvalue weighted by Crippen LogP contribution is 2.26. The number of amides is 1. The summed E-state index contributed by atoms with van der Waals surface area (Å²) < 4.78 is 16.7. The van der Waals surface area contributed by atoms with Gasteiger partial charge >= 0.3 is 6.09 Å². The minimum atomic E-state index is -0.461. The highest BCUT2D eigenvalue weighted by atomic mass is 16.6. The summed E-state index contributed by atoms with van der Waals surface area (Å²) in [5.41, 5.74) is 1.10. The van der Waals surface area contributed by atoms with E-state index in [-0.39, 0.29) is 6.09 Å². The summed E-state index contributed by atoms with van der Waals surface area (Å²) in [5, 5.41) is 0. The van der Waals surface area contributed by atoms with E-state index in [0.717, 1.165) is 49.8 Å². The summed E-state index contributed by atoms with van der Waals surface area (Å²) in [6.45, 7) is 7.74. The number of nitrogens with zero attached hydrogens (tertiary/aromatic N) is 3. The fourth-order valence-electron chi connectivity index (χ4n) is 3.53. The standard InChI is InChI=1S/C22H31N3O4/c1-22(2,3)29-21(26)25-13-7-9-16(15-25)10-8-14-28-20-19(27-4)23-17-11-5-6-12-18(17)24-20/h5-6,11-12,16H,7-10,13-15H2,1-4H3/t16-/m0/s1. The van der Waals surface area contributed by atoms with Crippen LogP contribution < -0.4 is 9.47 Å². The SMILES string of the molecule is COc1nc2ccccc2nc1OCCC[C@@H]1CCCN(C(=O)OC(C)(C)C)C1. The first-order chi connectivity index (χ1) is 13.9. The Morgan fingerprint density at radius 2 is 1.86 bits per heavy atom. The predicted octanol–water partition coefficient (Wildman–Crippen LogP) is 4.44. The number of aromatic nitrogens is 2. The Bertz CT molecular complexity index is 834. The van der Waals surface area contributed by atoms with Crippen LogP contribution >= 0.6 is 0 Å². The predicted molar refractivity (Wildman–Crippen MR) is 111 cm³/mol. The van der Waals surface area contributed by atoms with Crippen LogP contribution in [0.25, 0.3) is 11.0 Å². The van der Waals surface area contributed by atoms with Gasteiger partial charge < -0.3 is 19.1 Å². The summed E-state index contributed by atoms with van der Waals surface area (Å²) >= 11 is 0. The van der Waals surface area contributed by atoms with Gasteiger partial charge in [0.2, 0.25) is 0 Å². The van der Waals surface area contributed by atoms with E-state index in [1.54, 1.807) is 7.11 Å². The minimum absolute atomic E-state index is 0.213. The van der Waals surface area contributed by atoms with Gasteiger partial charge in [-0.1, -0.05) is 12.1 Å². The van der Waals surface area contributed by atoms with Crippen molar-refractivity contribution in [2.45, 2.75) is 52.1 Å². The number of ether oxygens (including phenoxy) is 3. The number of benzene rings is 1. The van der Waals surface area contributed by atoms with Crippen molar-refractivity contribution in [2.24, 2.45) is 5.92 Å². The van der Waals surface area contributed by atoms with Gasteiger partial charge in [-0.25, -0.2) is 14.8 Å². The average molecular weight is 402 g/mol. The van der Waals surface area contributed by atoms with Crippen molar-refractivity contribution in [3.63, 3.8) is 0 Å². The van der Waals surface area contributed by atoms with Crippen LogP contribution in [0.15, 0.2) is 24.3 Å². The topological polar surface area (TPSA) is 73.8 Å². The first-order valence-corrected chi connectivity index (χ1v) is 10.3. The molecule has 29 heavy (non-hydrogen) atoms. The molecule has 0 aliphatic carbocycles. The lowest BCUT2D eigenvalue weighted by Crippen LogP contribution is -2.42. The summed E-state index contributed by atoms with van der Waals surface area (Å²) in [5.74, 6) is 1.28. The van der Waals surface area contributed by atoms with E-state index in [1.807, 2.05) is 49.9 Å². The third kappa shape index (κ3) is 5.95. The molecular formula is C22H31N3O4. The quantitative estimate of drug-likeness (QED) is 0.666. The second kappa shape index (κ2) is 9.29. The maximum Gasteiger partial charge on any atom is 0.410 e. The number of likely N-dealkylation sites (tertiary alicyclic amines) is 1. The second-order valence-electron chi connectivity index (χ2n) is 8.45. The van der Waals surface area contributed by atoms with Crippen LogP contribution in [0.3, 0.4) is 0 Å². The van der Waals surface area contributed by atoms with Gasteiger partial charge in [0.1, 0.15) is 5.60 Å². The van der Waals surface area contributed by atoms with Crippen LogP contribution in [0.4, 0.5) is 4.79 Å². The third-order valence-corrected chi connectivity index (χ3v) is 4.87. The molecule has 2 aromatic rings. The van der Waals surface area contributed by atoms with Crippen LogP contribution in [0.2, 0.25) is 0 Å². The molecule has 0 N–H and O–H groups in total. The molecule has 0 radical (unpaired) electrons. The largest absolute Gasteiger partial charge is 0.477 e. The van der Waals surface area contributed by atoms with Crippen molar-refractivity contribution in [3.8, 4) is 11.8 Å². The van der Waals surface area contributed by atoms with E-state index < -0.39 is 5.60 Å². The van der Waals surface area contributed by atoms with E-state index >= 15 is 0 Å². The number of carbonyl (C=O) groups is 1. The van der Waals surface area contributed by atoms with Crippen molar-refractivity contribution < 1.29 is 19.0 Å². The molecule has 3 rings (SSSR count). The van der Waals surface area contributed by atoms with Crippen molar-refractivity contribution >= 4 is 17.1 Å². The van der Waals surface area contributed by atoms with E-state index in [4.69, 9.17) is 14.2 Å². The lowest BCUT2D eigenvalue weighted by atomic mass is 9.94. The van der Waals surface area contributed by atoms with Crippen LogP contribution in [-0.4, -0.2) is 53.4 Å². The maximum atomic E-state index is 12.3. The number of piperidine rings is 1. The number of hydrogen-bond donors (Lipinski definition) is 0. The minimum Gasteiger partial charge on any atom is -0.477 e. The molecule has 1 saturated heterocycles. The van der Waals surface area contributed by atoms with Gasteiger partial charge in [-0.15, -0.1) is 0 Å². The number of rotatable bonds is 6. The van der Waals surface area contributed by atoms with Gasteiger partial charge in [-0.05, 0) is 64.5 Å². The number of fused-ring (bicyclic) bond motifs is 1. The van der Waals surface area contributed by atoms with Crippen LogP contribution in [0.1, 0.15) is 46.5 Å². The molecule has 1 aliphatic rings. The first kappa shape index (κ1) is 21.1. The number of methoxy groups -OCH3 is 1. The zero-order chi connectivity index (χ0) is 20.9. The van der Waals surface area contributed by atoms with Crippen LogP contribution in [0, 0.1) is 5.92 Å². The molecule has 2 heterocycles. The Labute approximate surface area is 172 Å². The Hall–Kier alpha value is -2.57. The number of carbonyl (C=O) groups excluding carboxylic acids is 1. The molecule has 1 atom stereocenters. The average Bonchev–Trinajstić information content (AvgIpc) is 2.69. The second-order valence-corrected chi connectivity index (χ2v) is 8.45. The summed E-state index contributed by atoms with van der Waals surface area (Å²) in [7, 11) is 1.57. The van der Waals surface area contributed by atoms with Crippen LogP contribution in [0.5, 0.6) is 11.8 Å². The molecule has 0 saturated carbocycles. The Morgan fingerprint density at radius 3 is 2.52 bits per heavy atom. The van der Waals surface area contributed by atoms with Crippen molar-refractivity contribution in [1.29, 1.82) is 0 Å². The molecule has 7 heteroatoms. The van der Waals surface area contributed by atoms with Gasteiger partial charge in [0.15, 0.2) is 0 Å². The maximum absolute atomic E-state index is 12.3. The zero-order valence-electron chi connectivity index (χ0n) is 17.8. The fraction of sp³-hybridized carbons (Fsp3) is 0.591. The number of hydrogen-bond acceptors (Lipinski definition) is 6. The molecule has 0 unspecified atom stereocenters. The Kier molecular flexibility index (Phi) is 6.77. The molecule has 0 bridgehead atoms. The summed E-state index contributed by atoms with van der Waals surface area (Å²) in [6.07, 6.45) is 3.79. The monoisotopic (exact) mass is 401 g/mol. The third-order valence-electron chi connectivity index (χ3n) is 4.87. The summed E-state index contributed by atoms with van der Waals surface area (Å²) in [4.78, 5) is 23.1. The van der Waals surface area contributed by atoms with Gasteiger partial charge in [0.05, 0.1) is 24.8 Å². The van der Waals surface area contributed by atoms with Crippen molar-refractivity contribution in [2.75, 3.05) is 26.8 Å². The molecule has 7 nitrogen and oxygen atoms in total. The molecule has 1 fully saturated rings. The molecule has 1 aliphatic heterocycles. The first-order valence-electron chi connectivity index (χ1n) is 10.3. The smallest absolute Gasteiger partial charge is 0.410 e. The molecular weight excluding hydrogens is 370 g/mol. The van der Waals surface area contributed by atoms with Crippen molar-refractivity contribution in [1.82, 2.24) is 14.9 Å². The Morgan fingerprint density at radius 1 is 1.17 bits per heavy atom. The van der Waals surface area contributed by atoms with E-state index in [9.17, 15) is 4.79 Å². The van der Waals surface area contributed by atoms with E-state index in [0.29, 0.717) is 24.3 Å². The molecule has 1 aromatic carbocycles. The van der Waals surface area contributed by atoms with Crippen molar-refractivity contribution in [3.05, 3.63) is 24.3 Å². The highest BCUT2D eigenvalue weighted by Gasteiger charge is 2.27. The molecule has 158 valence electrons. The lowest BCUT2D eigenvalue weighted by molar-refractivity contribution is 0.0159. The van der Waals surface area contributed by atoms with Gasteiger partial charge in [-0.2, -0.15) is 0 Å². The zero-order valence-corrected chi connectivity index (χ0v) is 17.8. The van der Waals surface area contributed by atoms with E-state index in [1.165, 1.54) is 0 Å². The fourth-order valence-corrected chi connectivity index (χ4v) is 3.53. The Balaban J connectivity index is 1.49. The lowest BCUT2D eigenvalue weighted by Gasteiger charge is -2.34. The molecule has 0 spiro atoms. The molecule has 1 amide bonds. The molecule has 1 aromatic heterocycles. The van der Waals surface area contributed by atoms with Gasteiger partial charge in [0, 0.05) is 13.1 Å². The highest BCUT2D eigenvalue weighted by molar-refractivity contribution is 5.75. The van der Waals surface area contributed by atoms with Gasteiger partial charge in [-0.3, -0.25) is 0 Å². The van der Waals surface area contributed by atoms with E-state index in [2.05, 4.69) is 9.97 Å². The summed E-state index contributed by atoms with van der Waals surface area (Å²) in [6, 6.07) is 7.64. The number of para-hydroxylation sites is 2. The van der Waals surface area contributed by atoms with Gasteiger partial charge in [0.25, 0.3) is 11.8 Å². The van der Waals surface area contributed by atoms with Crippen LogP contribution in [-0.2, 0) is 4.74 Å². The normalized spacial score (nSPS) is 17.2.